The Balaban J connectivity index is 2.00. The van der Waals surface area contributed by atoms with E-state index < -0.39 is 0 Å². The summed E-state index contributed by atoms with van der Waals surface area (Å²) in [5.74, 6) is 0.736. The zero-order chi connectivity index (χ0) is 14.8. The lowest BCUT2D eigenvalue weighted by atomic mass is 9.64. The Morgan fingerprint density at radius 3 is 2.60 bits per heavy atom. The van der Waals surface area contributed by atoms with E-state index in [1.165, 1.54) is 0 Å². The van der Waals surface area contributed by atoms with E-state index in [0.29, 0.717) is 23.8 Å². The minimum atomic E-state index is 0.140. The van der Waals surface area contributed by atoms with Gasteiger partial charge in [0.1, 0.15) is 5.75 Å². The van der Waals surface area contributed by atoms with Crippen LogP contribution in [0.5, 0.6) is 5.75 Å². The van der Waals surface area contributed by atoms with E-state index in [-0.39, 0.29) is 5.41 Å². The van der Waals surface area contributed by atoms with E-state index in [9.17, 15) is 0 Å². The molecule has 0 saturated heterocycles. The first-order valence-corrected chi connectivity index (χ1v) is 7.67. The Kier molecular flexibility index (Phi) is 4.82. The number of rotatable bonds is 6. The summed E-state index contributed by atoms with van der Waals surface area (Å²) in [5, 5.41) is 4.20. The zero-order valence-electron chi connectivity index (χ0n) is 12.7. The third kappa shape index (κ3) is 3.04. The van der Waals surface area contributed by atoms with Gasteiger partial charge >= 0.3 is 0 Å². The van der Waals surface area contributed by atoms with Crippen molar-refractivity contribution in [3.05, 3.63) is 23.2 Å². The minimum Gasteiger partial charge on any atom is -0.492 e. The summed E-state index contributed by atoms with van der Waals surface area (Å²) in [5.41, 5.74) is 1.17. The van der Waals surface area contributed by atoms with Gasteiger partial charge < -0.3 is 14.8 Å². The van der Waals surface area contributed by atoms with Crippen LogP contribution in [0.3, 0.4) is 0 Å². The average Bonchev–Trinajstić information content (AvgIpc) is 2.41. The molecule has 2 atom stereocenters. The number of halogens is 1. The molecule has 1 aromatic rings. The van der Waals surface area contributed by atoms with Crippen molar-refractivity contribution in [2.45, 2.75) is 46.3 Å². The van der Waals surface area contributed by atoms with Gasteiger partial charge in [-0.25, -0.2) is 0 Å². The molecule has 0 aliphatic heterocycles. The van der Waals surface area contributed by atoms with Crippen LogP contribution in [0.2, 0.25) is 5.02 Å². The SMILES string of the molecule is CCOc1ccc(NC2CC(OCC)C2(C)C)cc1Cl. The largest absolute Gasteiger partial charge is 0.492 e. The molecule has 1 fully saturated rings. The third-order valence-corrected chi connectivity index (χ3v) is 4.41. The molecule has 2 unspecified atom stereocenters. The molecule has 1 aliphatic rings. The smallest absolute Gasteiger partial charge is 0.138 e. The minimum absolute atomic E-state index is 0.140. The molecule has 1 aliphatic carbocycles. The van der Waals surface area contributed by atoms with E-state index in [0.717, 1.165) is 24.5 Å². The Morgan fingerprint density at radius 1 is 1.30 bits per heavy atom. The molecule has 20 heavy (non-hydrogen) atoms. The molecule has 1 saturated carbocycles. The maximum atomic E-state index is 6.21. The highest BCUT2D eigenvalue weighted by Crippen LogP contribution is 2.44. The van der Waals surface area contributed by atoms with Crippen LogP contribution in [0.25, 0.3) is 0 Å². The summed E-state index contributed by atoms with van der Waals surface area (Å²) in [6, 6.07) is 6.27. The fraction of sp³-hybridized carbons (Fsp3) is 0.625. The lowest BCUT2D eigenvalue weighted by molar-refractivity contribution is -0.0975. The number of benzene rings is 1. The highest BCUT2D eigenvalue weighted by molar-refractivity contribution is 6.32. The summed E-state index contributed by atoms with van der Waals surface area (Å²) >= 11 is 6.21. The van der Waals surface area contributed by atoms with Crippen molar-refractivity contribution in [1.29, 1.82) is 0 Å². The lowest BCUT2D eigenvalue weighted by Gasteiger charge is -2.52. The van der Waals surface area contributed by atoms with Gasteiger partial charge in [-0.2, -0.15) is 0 Å². The predicted octanol–water partition coefficient (Wildman–Crippen LogP) is 4.35. The van der Waals surface area contributed by atoms with Crippen molar-refractivity contribution in [2.75, 3.05) is 18.5 Å². The summed E-state index contributed by atoms with van der Waals surface area (Å²) in [6.07, 6.45) is 1.37. The number of nitrogens with one attached hydrogen (secondary N) is 1. The van der Waals surface area contributed by atoms with E-state index in [1.807, 2.05) is 32.0 Å². The Bertz CT molecular complexity index is 462. The standard InChI is InChI=1S/C16H24ClNO2/c1-5-19-13-8-7-11(9-12(13)17)18-14-10-15(20-6-2)16(14,3)4/h7-9,14-15,18H,5-6,10H2,1-4H3. The second-order valence-corrected chi connectivity index (χ2v) is 6.18. The van der Waals surface area contributed by atoms with E-state index in [4.69, 9.17) is 21.1 Å². The quantitative estimate of drug-likeness (QED) is 0.846. The van der Waals surface area contributed by atoms with Crippen LogP contribution in [0, 0.1) is 5.41 Å². The van der Waals surface area contributed by atoms with E-state index in [2.05, 4.69) is 19.2 Å². The molecule has 1 aromatic carbocycles. The van der Waals surface area contributed by atoms with Gasteiger partial charge in [-0.05, 0) is 38.5 Å². The Morgan fingerprint density at radius 2 is 2.05 bits per heavy atom. The molecule has 0 amide bonds. The fourth-order valence-corrected chi connectivity index (χ4v) is 2.91. The van der Waals surface area contributed by atoms with Gasteiger partial charge in [0.2, 0.25) is 0 Å². The van der Waals surface area contributed by atoms with Gasteiger partial charge in [-0.15, -0.1) is 0 Å². The first kappa shape index (κ1) is 15.5. The molecular weight excluding hydrogens is 274 g/mol. The predicted molar refractivity (Wildman–Crippen MR) is 83.8 cm³/mol. The molecule has 112 valence electrons. The van der Waals surface area contributed by atoms with Gasteiger partial charge in [0, 0.05) is 23.8 Å². The molecule has 0 radical (unpaired) electrons. The molecule has 4 heteroatoms. The zero-order valence-corrected chi connectivity index (χ0v) is 13.5. The maximum absolute atomic E-state index is 6.21. The molecule has 0 aromatic heterocycles. The first-order chi connectivity index (χ1) is 9.48. The molecular formula is C16H24ClNO2. The summed E-state index contributed by atoms with van der Waals surface area (Å²) in [6.45, 7) is 9.87. The van der Waals surface area contributed by atoms with Crippen LogP contribution >= 0.6 is 11.6 Å². The van der Waals surface area contributed by atoms with Crippen molar-refractivity contribution < 1.29 is 9.47 Å². The van der Waals surface area contributed by atoms with Crippen molar-refractivity contribution in [2.24, 2.45) is 5.41 Å². The topological polar surface area (TPSA) is 30.5 Å². The first-order valence-electron chi connectivity index (χ1n) is 7.29. The van der Waals surface area contributed by atoms with Gasteiger partial charge in [0.15, 0.2) is 0 Å². The molecule has 0 bridgehead atoms. The van der Waals surface area contributed by atoms with Crippen LogP contribution in [0.1, 0.15) is 34.1 Å². The van der Waals surface area contributed by atoms with Crippen molar-refractivity contribution in [1.82, 2.24) is 0 Å². The summed E-state index contributed by atoms with van der Waals surface area (Å²) in [4.78, 5) is 0. The van der Waals surface area contributed by atoms with E-state index in [1.54, 1.807) is 0 Å². The van der Waals surface area contributed by atoms with Crippen LogP contribution in [0.4, 0.5) is 5.69 Å². The van der Waals surface area contributed by atoms with Crippen LogP contribution < -0.4 is 10.1 Å². The second-order valence-electron chi connectivity index (χ2n) is 5.78. The Labute approximate surface area is 126 Å². The van der Waals surface area contributed by atoms with Crippen molar-refractivity contribution in [3.63, 3.8) is 0 Å². The molecule has 0 heterocycles. The average molecular weight is 298 g/mol. The van der Waals surface area contributed by atoms with Gasteiger partial charge in [0.05, 0.1) is 17.7 Å². The molecule has 3 nitrogen and oxygen atoms in total. The normalized spacial score (nSPS) is 24.1. The van der Waals surface area contributed by atoms with Crippen LogP contribution in [-0.2, 0) is 4.74 Å². The van der Waals surface area contributed by atoms with Crippen LogP contribution in [0.15, 0.2) is 18.2 Å². The lowest BCUT2D eigenvalue weighted by Crippen LogP contribution is -2.58. The third-order valence-electron chi connectivity index (χ3n) is 4.12. The highest BCUT2D eigenvalue weighted by atomic mass is 35.5. The molecule has 0 spiro atoms. The second kappa shape index (κ2) is 6.23. The number of hydrogen-bond donors (Lipinski definition) is 1. The van der Waals surface area contributed by atoms with Crippen molar-refractivity contribution >= 4 is 17.3 Å². The molecule has 2 rings (SSSR count). The summed E-state index contributed by atoms with van der Waals surface area (Å²) in [7, 11) is 0. The number of anilines is 1. The van der Waals surface area contributed by atoms with Crippen molar-refractivity contribution in [3.8, 4) is 5.75 Å². The van der Waals surface area contributed by atoms with Gasteiger partial charge in [-0.3, -0.25) is 0 Å². The monoisotopic (exact) mass is 297 g/mol. The van der Waals surface area contributed by atoms with Crippen LogP contribution in [-0.4, -0.2) is 25.4 Å². The van der Waals surface area contributed by atoms with Gasteiger partial charge in [-0.1, -0.05) is 25.4 Å². The van der Waals surface area contributed by atoms with Gasteiger partial charge in [0.25, 0.3) is 0 Å². The number of hydrogen-bond acceptors (Lipinski definition) is 3. The fourth-order valence-electron chi connectivity index (χ4n) is 2.68. The number of ether oxygens (including phenoxy) is 2. The summed E-state index contributed by atoms with van der Waals surface area (Å²) < 4.78 is 11.2. The highest BCUT2D eigenvalue weighted by Gasteiger charge is 2.48. The Hall–Kier alpha value is -0.930. The van der Waals surface area contributed by atoms with E-state index >= 15 is 0 Å². The molecule has 1 N–H and O–H groups in total. The maximum Gasteiger partial charge on any atom is 0.138 e.